The van der Waals surface area contributed by atoms with Crippen LogP contribution in [-0.2, 0) is 4.74 Å². The van der Waals surface area contributed by atoms with Gasteiger partial charge in [0.2, 0.25) is 5.95 Å². The van der Waals surface area contributed by atoms with Crippen LogP contribution in [-0.4, -0.2) is 35.1 Å². The molecule has 0 aliphatic carbocycles. The van der Waals surface area contributed by atoms with Crippen molar-refractivity contribution in [2.24, 2.45) is 0 Å². The van der Waals surface area contributed by atoms with Gasteiger partial charge < -0.3 is 15.4 Å². The van der Waals surface area contributed by atoms with Crippen LogP contribution >= 0.6 is 0 Å². The molecule has 1 unspecified atom stereocenters. The summed E-state index contributed by atoms with van der Waals surface area (Å²) in [4.78, 5) is 20.9. The lowest BCUT2D eigenvalue weighted by atomic mass is 10.1. The highest BCUT2D eigenvalue weighted by Crippen LogP contribution is 2.17. The largest absolute Gasteiger partial charge is 0.376 e. The standard InChI is InChI=1S/C18H22N4O2/c1-12-5-6-15(13(2)10-12)21-17(23)16-7-8-19-18(22-16)20-11-14-4-3-9-24-14/h5-8,10,14H,3-4,9,11H2,1-2H3,(H,21,23)(H,19,20,22). The summed E-state index contributed by atoms with van der Waals surface area (Å²) in [7, 11) is 0. The van der Waals surface area contributed by atoms with Gasteiger partial charge in [-0.25, -0.2) is 9.97 Å². The number of aromatic nitrogens is 2. The van der Waals surface area contributed by atoms with Crippen LogP contribution in [0.25, 0.3) is 0 Å². The van der Waals surface area contributed by atoms with E-state index in [1.807, 2.05) is 32.0 Å². The van der Waals surface area contributed by atoms with Gasteiger partial charge in [0, 0.05) is 25.0 Å². The molecule has 1 aliphatic heterocycles. The minimum Gasteiger partial charge on any atom is -0.376 e. The molecule has 1 atom stereocenters. The number of ether oxygens (including phenoxy) is 1. The highest BCUT2D eigenvalue weighted by Gasteiger charge is 2.16. The number of hydrogen-bond donors (Lipinski definition) is 2. The summed E-state index contributed by atoms with van der Waals surface area (Å²) in [6.45, 7) is 5.46. The van der Waals surface area contributed by atoms with E-state index in [1.54, 1.807) is 12.3 Å². The second-order valence-corrected chi connectivity index (χ2v) is 6.05. The summed E-state index contributed by atoms with van der Waals surface area (Å²) in [5.41, 5.74) is 3.31. The molecule has 6 heteroatoms. The summed E-state index contributed by atoms with van der Waals surface area (Å²) in [5, 5.41) is 6.03. The Morgan fingerprint density at radius 2 is 2.21 bits per heavy atom. The van der Waals surface area contributed by atoms with E-state index in [1.165, 1.54) is 0 Å². The van der Waals surface area contributed by atoms with Crippen LogP contribution in [0.3, 0.4) is 0 Å². The summed E-state index contributed by atoms with van der Waals surface area (Å²) in [6, 6.07) is 7.51. The number of aryl methyl sites for hydroxylation is 2. The molecule has 6 nitrogen and oxygen atoms in total. The van der Waals surface area contributed by atoms with Crippen molar-refractivity contribution in [3.63, 3.8) is 0 Å². The van der Waals surface area contributed by atoms with Crippen LogP contribution in [0.15, 0.2) is 30.5 Å². The predicted octanol–water partition coefficient (Wildman–Crippen LogP) is 2.94. The maximum atomic E-state index is 12.4. The molecule has 0 bridgehead atoms. The third kappa shape index (κ3) is 4.08. The first-order chi connectivity index (χ1) is 11.6. The van der Waals surface area contributed by atoms with E-state index >= 15 is 0 Å². The van der Waals surface area contributed by atoms with E-state index in [9.17, 15) is 4.79 Å². The fraction of sp³-hybridized carbons (Fsp3) is 0.389. The van der Waals surface area contributed by atoms with E-state index < -0.39 is 0 Å². The number of nitrogens with zero attached hydrogens (tertiary/aromatic N) is 2. The fourth-order valence-electron chi connectivity index (χ4n) is 2.72. The average molecular weight is 326 g/mol. The SMILES string of the molecule is Cc1ccc(NC(=O)c2ccnc(NCC3CCCO3)n2)c(C)c1. The Morgan fingerprint density at radius 1 is 1.33 bits per heavy atom. The van der Waals surface area contributed by atoms with Gasteiger partial charge in [-0.1, -0.05) is 17.7 Å². The number of rotatable bonds is 5. The van der Waals surface area contributed by atoms with Crippen LogP contribution in [0.1, 0.15) is 34.5 Å². The number of carbonyl (C=O) groups is 1. The monoisotopic (exact) mass is 326 g/mol. The Balaban J connectivity index is 1.65. The molecule has 0 spiro atoms. The Hall–Kier alpha value is -2.47. The average Bonchev–Trinajstić information content (AvgIpc) is 3.09. The first kappa shape index (κ1) is 16.4. The number of hydrogen-bond acceptors (Lipinski definition) is 5. The Kier molecular flexibility index (Phi) is 5.05. The third-order valence-corrected chi connectivity index (χ3v) is 4.03. The number of amides is 1. The van der Waals surface area contributed by atoms with Gasteiger partial charge in [0.25, 0.3) is 5.91 Å². The van der Waals surface area contributed by atoms with Crippen molar-refractivity contribution in [2.75, 3.05) is 23.8 Å². The Morgan fingerprint density at radius 3 is 2.96 bits per heavy atom. The molecule has 1 aliphatic rings. The van der Waals surface area contributed by atoms with Crippen molar-refractivity contribution in [1.82, 2.24) is 9.97 Å². The van der Waals surface area contributed by atoms with Crippen LogP contribution < -0.4 is 10.6 Å². The molecule has 1 saturated heterocycles. The number of carbonyl (C=O) groups excluding carboxylic acids is 1. The third-order valence-electron chi connectivity index (χ3n) is 4.03. The summed E-state index contributed by atoms with van der Waals surface area (Å²) in [6.07, 6.45) is 3.91. The van der Waals surface area contributed by atoms with Crippen molar-refractivity contribution in [3.8, 4) is 0 Å². The second-order valence-electron chi connectivity index (χ2n) is 6.05. The number of benzene rings is 1. The zero-order valence-electron chi connectivity index (χ0n) is 14.0. The zero-order chi connectivity index (χ0) is 16.9. The molecule has 2 N–H and O–H groups in total. The lowest BCUT2D eigenvalue weighted by Gasteiger charge is -2.12. The summed E-state index contributed by atoms with van der Waals surface area (Å²) in [5.74, 6) is 0.197. The molecule has 2 aromatic rings. The molecule has 24 heavy (non-hydrogen) atoms. The topological polar surface area (TPSA) is 76.1 Å². The van der Waals surface area contributed by atoms with Gasteiger partial charge in [-0.2, -0.15) is 0 Å². The van der Waals surface area contributed by atoms with Gasteiger partial charge in [-0.3, -0.25) is 4.79 Å². The first-order valence-electron chi connectivity index (χ1n) is 8.19. The predicted molar refractivity (Wildman–Crippen MR) is 93.4 cm³/mol. The van der Waals surface area contributed by atoms with Gasteiger partial charge in [0.15, 0.2) is 0 Å². The highest BCUT2D eigenvalue weighted by atomic mass is 16.5. The van der Waals surface area contributed by atoms with Crippen molar-refractivity contribution < 1.29 is 9.53 Å². The quantitative estimate of drug-likeness (QED) is 0.883. The van der Waals surface area contributed by atoms with Crippen molar-refractivity contribution in [2.45, 2.75) is 32.8 Å². The van der Waals surface area contributed by atoms with Gasteiger partial charge in [0.05, 0.1) is 6.10 Å². The zero-order valence-corrected chi connectivity index (χ0v) is 14.0. The Labute approximate surface area is 141 Å². The van der Waals surface area contributed by atoms with Crippen molar-refractivity contribution in [1.29, 1.82) is 0 Å². The number of anilines is 2. The van der Waals surface area contributed by atoms with Crippen molar-refractivity contribution in [3.05, 3.63) is 47.3 Å². The van der Waals surface area contributed by atoms with Gasteiger partial charge >= 0.3 is 0 Å². The first-order valence-corrected chi connectivity index (χ1v) is 8.19. The van der Waals surface area contributed by atoms with E-state index in [4.69, 9.17) is 4.74 Å². The van der Waals surface area contributed by atoms with Gasteiger partial charge in [0.1, 0.15) is 5.69 Å². The van der Waals surface area contributed by atoms with Crippen LogP contribution in [0.2, 0.25) is 0 Å². The van der Waals surface area contributed by atoms with E-state index in [0.29, 0.717) is 18.2 Å². The minimum atomic E-state index is -0.246. The molecule has 1 aromatic carbocycles. The molecular weight excluding hydrogens is 304 g/mol. The van der Waals surface area contributed by atoms with Crippen LogP contribution in [0.4, 0.5) is 11.6 Å². The molecule has 3 rings (SSSR count). The maximum absolute atomic E-state index is 12.4. The van der Waals surface area contributed by atoms with Crippen LogP contribution in [0.5, 0.6) is 0 Å². The lowest BCUT2D eigenvalue weighted by Crippen LogP contribution is -2.21. The fourth-order valence-corrected chi connectivity index (χ4v) is 2.72. The number of nitrogens with one attached hydrogen (secondary N) is 2. The van der Waals surface area contributed by atoms with E-state index in [0.717, 1.165) is 36.3 Å². The molecule has 1 fully saturated rings. The molecule has 1 aromatic heterocycles. The Bertz CT molecular complexity index is 727. The van der Waals surface area contributed by atoms with Gasteiger partial charge in [-0.05, 0) is 44.4 Å². The summed E-state index contributed by atoms with van der Waals surface area (Å²) >= 11 is 0. The maximum Gasteiger partial charge on any atom is 0.274 e. The van der Waals surface area contributed by atoms with E-state index in [-0.39, 0.29) is 12.0 Å². The minimum absolute atomic E-state index is 0.196. The normalized spacial score (nSPS) is 16.8. The molecular formula is C18H22N4O2. The molecule has 0 radical (unpaired) electrons. The lowest BCUT2D eigenvalue weighted by molar-refractivity contribution is 0.102. The summed E-state index contributed by atoms with van der Waals surface area (Å²) < 4.78 is 5.56. The molecule has 2 heterocycles. The highest BCUT2D eigenvalue weighted by molar-refractivity contribution is 6.03. The van der Waals surface area contributed by atoms with E-state index in [2.05, 4.69) is 20.6 Å². The molecule has 126 valence electrons. The molecule has 1 amide bonds. The second kappa shape index (κ2) is 7.40. The molecule has 0 saturated carbocycles. The smallest absolute Gasteiger partial charge is 0.274 e. The van der Waals surface area contributed by atoms with Gasteiger partial charge in [-0.15, -0.1) is 0 Å². The van der Waals surface area contributed by atoms with Crippen LogP contribution in [0, 0.1) is 13.8 Å². The van der Waals surface area contributed by atoms with Crippen molar-refractivity contribution >= 4 is 17.5 Å².